The number of hydrogen-bond acceptors (Lipinski definition) is 2. The average molecular weight is 334 g/mol. The van der Waals surface area contributed by atoms with E-state index < -0.39 is 0 Å². The van der Waals surface area contributed by atoms with E-state index in [1.807, 2.05) is 12.1 Å². The van der Waals surface area contributed by atoms with Crippen LogP contribution < -0.4 is 5.32 Å². The van der Waals surface area contributed by atoms with Gasteiger partial charge < -0.3 is 5.32 Å². The summed E-state index contributed by atoms with van der Waals surface area (Å²) in [4.78, 5) is 15.0. The first-order chi connectivity index (χ1) is 12.3. The monoisotopic (exact) mass is 334 g/mol. The molecule has 0 radical (unpaired) electrons. The molecule has 0 aromatic heterocycles. The minimum Gasteiger partial charge on any atom is -0.352 e. The van der Waals surface area contributed by atoms with E-state index >= 15 is 0 Å². The SMILES string of the molecule is C=CCNC(=O)C1CC(c2ccccc2)CN(Cc2ccccc2)C1. The van der Waals surface area contributed by atoms with Gasteiger partial charge in [-0.2, -0.15) is 0 Å². The standard InChI is InChI=1S/C22H26N2O/c1-2-13-23-22(25)21-14-20(19-11-7-4-8-12-19)16-24(17-21)15-18-9-5-3-6-10-18/h2-12,20-21H,1,13-17H2,(H,23,25). The van der Waals surface area contributed by atoms with Crippen molar-refractivity contribution >= 4 is 5.91 Å². The Morgan fingerprint density at radius 3 is 2.44 bits per heavy atom. The van der Waals surface area contributed by atoms with Gasteiger partial charge in [-0.15, -0.1) is 6.58 Å². The lowest BCUT2D eigenvalue weighted by molar-refractivity contribution is -0.126. The van der Waals surface area contributed by atoms with E-state index in [1.54, 1.807) is 6.08 Å². The highest BCUT2D eigenvalue weighted by molar-refractivity contribution is 5.79. The van der Waals surface area contributed by atoms with Crippen molar-refractivity contribution in [3.63, 3.8) is 0 Å². The van der Waals surface area contributed by atoms with E-state index in [0.29, 0.717) is 12.5 Å². The van der Waals surface area contributed by atoms with Crippen LogP contribution in [0.15, 0.2) is 73.3 Å². The maximum atomic E-state index is 12.5. The van der Waals surface area contributed by atoms with Crippen molar-refractivity contribution in [3.05, 3.63) is 84.4 Å². The molecule has 3 rings (SSSR count). The Morgan fingerprint density at radius 1 is 1.08 bits per heavy atom. The molecule has 130 valence electrons. The van der Waals surface area contributed by atoms with Crippen molar-refractivity contribution < 1.29 is 4.79 Å². The smallest absolute Gasteiger partial charge is 0.224 e. The summed E-state index contributed by atoms with van der Waals surface area (Å²) in [6, 6.07) is 21.0. The fourth-order valence-electron chi connectivity index (χ4n) is 3.63. The van der Waals surface area contributed by atoms with Crippen LogP contribution in [0.2, 0.25) is 0 Å². The number of hydrogen-bond donors (Lipinski definition) is 1. The molecule has 2 unspecified atom stereocenters. The van der Waals surface area contributed by atoms with Gasteiger partial charge in [0.25, 0.3) is 0 Å². The maximum Gasteiger partial charge on any atom is 0.224 e. The molecule has 3 heteroatoms. The van der Waals surface area contributed by atoms with Crippen LogP contribution in [0, 0.1) is 5.92 Å². The Balaban J connectivity index is 1.75. The van der Waals surface area contributed by atoms with Crippen LogP contribution >= 0.6 is 0 Å². The van der Waals surface area contributed by atoms with Gasteiger partial charge in [0.05, 0.1) is 5.92 Å². The number of benzene rings is 2. The minimum absolute atomic E-state index is 0.0163. The molecule has 1 aliphatic heterocycles. The Kier molecular flexibility index (Phi) is 6.02. The van der Waals surface area contributed by atoms with Crippen LogP contribution in [0.25, 0.3) is 0 Å². The van der Waals surface area contributed by atoms with Crippen LogP contribution in [0.1, 0.15) is 23.5 Å². The molecule has 1 N–H and O–H groups in total. The molecule has 0 aliphatic carbocycles. The van der Waals surface area contributed by atoms with Gasteiger partial charge in [0.1, 0.15) is 0 Å². The molecule has 2 aromatic carbocycles. The summed E-state index contributed by atoms with van der Waals surface area (Å²) >= 11 is 0. The number of nitrogens with one attached hydrogen (secondary N) is 1. The van der Waals surface area contributed by atoms with E-state index in [-0.39, 0.29) is 11.8 Å². The molecule has 0 saturated carbocycles. The fraction of sp³-hybridized carbons (Fsp3) is 0.318. The maximum absolute atomic E-state index is 12.5. The van der Waals surface area contributed by atoms with Crippen molar-refractivity contribution in [2.24, 2.45) is 5.92 Å². The highest BCUT2D eigenvalue weighted by Crippen LogP contribution is 2.31. The molecule has 3 nitrogen and oxygen atoms in total. The molecule has 1 heterocycles. The van der Waals surface area contributed by atoms with Crippen LogP contribution in [-0.4, -0.2) is 30.4 Å². The van der Waals surface area contributed by atoms with Crippen molar-refractivity contribution in [3.8, 4) is 0 Å². The van der Waals surface area contributed by atoms with Gasteiger partial charge in [-0.1, -0.05) is 66.7 Å². The fourth-order valence-corrected chi connectivity index (χ4v) is 3.63. The number of amides is 1. The lowest BCUT2D eigenvalue weighted by atomic mass is 9.84. The molecule has 0 bridgehead atoms. The van der Waals surface area contributed by atoms with Crippen molar-refractivity contribution in [1.82, 2.24) is 10.2 Å². The zero-order valence-electron chi connectivity index (χ0n) is 14.6. The third kappa shape index (κ3) is 4.80. The van der Waals surface area contributed by atoms with Gasteiger partial charge in [0, 0.05) is 26.2 Å². The van der Waals surface area contributed by atoms with Gasteiger partial charge in [0.2, 0.25) is 5.91 Å². The molecule has 1 amide bonds. The van der Waals surface area contributed by atoms with E-state index in [0.717, 1.165) is 26.1 Å². The summed E-state index contributed by atoms with van der Waals surface area (Å²) < 4.78 is 0. The summed E-state index contributed by atoms with van der Waals surface area (Å²) in [7, 11) is 0. The summed E-state index contributed by atoms with van der Waals surface area (Å²) in [6.07, 6.45) is 2.63. The first-order valence-electron chi connectivity index (χ1n) is 8.96. The van der Waals surface area contributed by atoms with E-state index in [4.69, 9.17) is 0 Å². The molecule has 0 spiro atoms. The normalized spacial score (nSPS) is 20.8. The molecular formula is C22H26N2O. The predicted octanol–water partition coefficient (Wildman–Crippen LogP) is 3.59. The largest absolute Gasteiger partial charge is 0.352 e. The van der Waals surface area contributed by atoms with E-state index in [2.05, 4.69) is 65.3 Å². The van der Waals surface area contributed by atoms with Crippen molar-refractivity contribution in [2.45, 2.75) is 18.9 Å². The van der Waals surface area contributed by atoms with E-state index in [1.165, 1.54) is 11.1 Å². The second-order valence-electron chi connectivity index (χ2n) is 6.75. The first kappa shape index (κ1) is 17.4. The molecule has 1 saturated heterocycles. The third-order valence-corrected chi connectivity index (χ3v) is 4.84. The van der Waals surface area contributed by atoms with Gasteiger partial charge >= 0.3 is 0 Å². The lowest BCUT2D eigenvalue weighted by Gasteiger charge is -2.37. The van der Waals surface area contributed by atoms with Crippen LogP contribution in [0.4, 0.5) is 0 Å². The molecule has 2 aromatic rings. The predicted molar refractivity (Wildman–Crippen MR) is 102 cm³/mol. The van der Waals surface area contributed by atoms with E-state index in [9.17, 15) is 4.79 Å². The zero-order chi connectivity index (χ0) is 17.5. The number of carbonyl (C=O) groups excluding carboxylic acids is 1. The summed E-state index contributed by atoms with van der Waals surface area (Å²) in [5, 5.41) is 2.97. The highest BCUT2D eigenvalue weighted by Gasteiger charge is 2.32. The Morgan fingerprint density at radius 2 is 1.76 bits per heavy atom. The number of carbonyl (C=O) groups is 1. The molecule has 1 aliphatic rings. The Hall–Kier alpha value is -2.39. The summed E-state index contributed by atoms with van der Waals surface area (Å²) in [6.45, 7) is 6.90. The van der Waals surface area contributed by atoms with Crippen LogP contribution in [0.5, 0.6) is 0 Å². The average Bonchev–Trinajstić information content (AvgIpc) is 2.67. The van der Waals surface area contributed by atoms with Gasteiger partial charge in [0.15, 0.2) is 0 Å². The van der Waals surface area contributed by atoms with Crippen molar-refractivity contribution in [2.75, 3.05) is 19.6 Å². The summed E-state index contributed by atoms with van der Waals surface area (Å²) in [5.41, 5.74) is 2.61. The topological polar surface area (TPSA) is 32.3 Å². The first-order valence-corrected chi connectivity index (χ1v) is 8.96. The van der Waals surface area contributed by atoms with Crippen LogP contribution in [-0.2, 0) is 11.3 Å². The number of likely N-dealkylation sites (tertiary alicyclic amines) is 1. The Labute approximate surface area is 150 Å². The van der Waals surface area contributed by atoms with Crippen molar-refractivity contribution in [1.29, 1.82) is 0 Å². The molecule has 1 fully saturated rings. The quantitative estimate of drug-likeness (QED) is 0.819. The second-order valence-corrected chi connectivity index (χ2v) is 6.75. The van der Waals surface area contributed by atoms with Gasteiger partial charge in [-0.3, -0.25) is 9.69 Å². The van der Waals surface area contributed by atoms with Crippen LogP contribution in [0.3, 0.4) is 0 Å². The number of rotatable bonds is 6. The number of piperidine rings is 1. The highest BCUT2D eigenvalue weighted by atomic mass is 16.1. The molecule has 25 heavy (non-hydrogen) atoms. The lowest BCUT2D eigenvalue weighted by Crippen LogP contribution is -2.45. The molecular weight excluding hydrogens is 308 g/mol. The third-order valence-electron chi connectivity index (χ3n) is 4.84. The summed E-state index contributed by atoms with van der Waals surface area (Å²) in [5.74, 6) is 0.541. The van der Waals surface area contributed by atoms with Gasteiger partial charge in [-0.25, -0.2) is 0 Å². The molecule has 2 atom stereocenters. The second kappa shape index (κ2) is 8.63. The zero-order valence-corrected chi connectivity index (χ0v) is 14.6. The van der Waals surface area contributed by atoms with Gasteiger partial charge in [-0.05, 0) is 23.5 Å². The Bertz CT molecular complexity index is 684. The minimum atomic E-state index is 0.0163. The number of nitrogens with zero attached hydrogens (tertiary/aromatic N) is 1.